The van der Waals surface area contributed by atoms with Crippen LogP contribution >= 0.6 is 11.6 Å². The van der Waals surface area contributed by atoms with E-state index in [-0.39, 0.29) is 0 Å². The molecule has 88 valence electrons. The smallest absolute Gasteiger partial charge is 0.173 e. The maximum Gasteiger partial charge on any atom is 0.173 e. The molecule has 3 nitrogen and oxygen atoms in total. The maximum absolute atomic E-state index is 5.95. The van der Waals surface area contributed by atoms with Gasteiger partial charge in [0, 0.05) is 17.9 Å². The van der Waals surface area contributed by atoms with Gasteiger partial charge in [0.05, 0.1) is 13.2 Å². The molecule has 0 atom stereocenters. The van der Waals surface area contributed by atoms with Gasteiger partial charge in [0.25, 0.3) is 0 Å². The van der Waals surface area contributed by atoms with Crippen molar-refractivity contribution in [2.45, 2.75) is 18.6 Å². The van der Waals surface area contributed by atoms with E-state index >= 15 is 0 Å². The van der Waals surface area contributed by atoms with Crippen molar-refractivity contribution in [3.8, 4) is 0 Å². The Morgan fingerprint density at radius 3 is 2.69 bits per heavy atom. The summed E-state index contributed by atoms with van der Waals surface area (Å²) in [5.74, 6) is -0.542. The molecule has 0 radical (unpaired) electrons. The second-order valence-electron chi connectivity index (χ2n) is 3.95. The molecule has 0 saturated carbocycles. The summed E-state index contributed by atoms with van der Waals surface area (Å²) in [7, 11) is 0. The molecule has 0 amide bonds. The van der Waals surface area contributed by atoms with Crippen LogP contribution in [0.4, 0.5) is 0 Å². The van der Waals surface area contributed by atoms with Crippen LogP contribution in [-0.2, 0) is 15.9 Å². The Balaban J connectivity index is 2.11. The average molecular weight is 242 g/mol. The quantitative estimate of drug-likeness (QED) is 0.877. The van der Waals surface area contributed by atoms with Gasteiger partial charge in [-0.3, -0.25) is 0 Å². The SMILES string of the molecule is NCCC1(Cc2cccc(Cl)c2)OCCO1. The van der Waals surface area contributed by atoms with E-state index in [0.717, 1.165) is 10.6 Å². The topological polar surface area (TPSA) is 44.5 Å². The van der Waals surface area contributed by atoms with Gasteiger partial charge in [-0.05, 0) is 24.2 Å². The predicted molar refractivity (Wildman–Crippen MR) is 63.5 cm³/mol. The molecule has 2 N–H and O–H groups in total. The molecule has 0 aromatic heterocycles. The largest absolute Gasteiger partial charge is 0.347 e. The van der Waals surface area contributed by atoms with Gasteiger partial charge in [-0.25, -0.2) is 0 Å². The first-order chi connectivity index (χ1) is 7.74. The van der Waals surface area contributed by atoms with Gasteiger partial charge in [0.2, 0.25) is 0 Å². The zero-order chi connectivity index (χ0) is 11.4. The van der Waals surface area contributed by atoms with Crippen LogP contribution in [0.25, 0.3) is 0 Å². The van der Waals surface area contributed by atoms with Crippen LogP contribution in [0.3, 0.4) is 0 Å². The van der Waals surface area contributed by atoms with Crippen LogP contribution in [0.5, 0.6) is 0 Å². The summed E-state index contributed by atoms with van der Waals surface area (Å²) in [5.41, 5.74) is 6.70. The zero-order valence-electron chi connectivity index (χ0n) is 9.12. The molecule has 1 fully saturated rings. The minimum Gasteiger partial charge on any atom is -0.347 e. The summed E-state index contributed by atoms with van der Waals surface area (Å²) in [6.45, 7) is 1.84. The van der Waals surface area contributed by atoms with Crippen molar-refractivity contribution in [2.75, 3.05) is 19.8 Å². The van der Waals surface area contributed by atoms with E-state index in [1.807, 2.05) is 24.3 Å². The standard InChI is InChI=1S/C12H16ClNO2/c13-11-3-1-2-10(8-11)9-12(4-5-14)15-6-7-16-12/h1-3,8H,4-7,9,14H2. The number of hydrogen-bond acceptors (Lipinski definition) is 3. The fourth-order valence-electron chi connectivity index (χ4n) is 2.01. The molecular weight excluding hydrogens is 226 g/mol. The highest BCUT2D eigenvalue weighted by Crippen LogP contribution is 2.28. The van der Waals surface area contributed by atoms with Crippen molar-refractivity contribution in [2.24, 2.45) is 5.73 Å². The lowest BCUT2D eigenvalue weighted by molar-refractivity contribution is -0.158. The number of halogens is 1. The average Bonchev–Trinajstić information content (AvgIpc) is 2.67. The van der Waals surface area contributed by atoms with E-state index in [2.05, 4.69) is 0 Å². The van der Waals surface area contributed by atoms with Gasteiger partial charge >= 0.3 is 0 Å². The summed E-state index contributed by atoms with van der Waals surface area (Å²) >= 11 is 5.95. The Kier molecular flexibility index (Phi) is 3.82. The van der Waals surface area contributed by atoms with Crippen molar-refractivity contribution < 1.29 is 9.47 Å². The van der Waals surface area contributed by atoms with Crippen molar-refractivity contribution >= 4 is 11.6 Å². The molecular formula is C12H16ClNO2. The Bertz CT molecular complexity index is 351. The maximum atomic E-state index is 5.95. The van der Waals surface area contributed by atoms with Crippen molar-refractivity contribution in [1.29, 1.82) is 0 Å². The fourth-order valence-corrected chi connectivity index (χ4v) is 2.22. The summed E-state index contributed by atoms with van der Waals surface area (Å²) in [6.07, 6.45) is 1.41. The van der Waals surface area contributed by atoms with Gasteiger partial charge in [-0.2, -0.15) is 0 Å². The van der Waals surface area contributed by atoms with Gasteiger partial charge in [0.15, 0.2) is 5.79 Å². The molecule has 2 rings (SSSR count). The summed E-state index contributed by atoms with van der Waals surface area (Å²) in [5, 5.41) is 0.735. The van der Waals surface area contributed by atoms with E-state index in [4.69, 9.17) is 26.8 Å². The third kappa shape index (κ3) is 2.74. The number of benzene rings is 1. The molecule has 1 aromatic rings. The van der Waals surface area contributed by atoms with E-state index in [9.17, 15) is 0 Å². The number of ether oxygens (including phenoxy) is 2. The highest BCUT2D eigenvalue weighted by molar-refractivity contribution is 6.30. The lowest BCUT2D eigenvalue weighted by Gasteiger charge is -2.27. The zero-order valence-corrected chi connectivity index (χ0v) is 9.87. The van der Waals surface area contributed by atoms with Crippen LogP contribution in [0.2, 0.25) is 5.02 Å². The normalized spacial score (nSPS) is 18.9. The molecule has 0 unspecified atom stereocenters. The first-order valence-electron chi connectivity index (χ1n) is 5.46. The van der Waals surface area contributed by atoms with Crippen molar-refractivity contribution in [3.05, 3.63) is 34.9 Å². The minimum atomic E-state index is -0.542. The third-order valence-corrected chi connectivity index (χ3v) is 2.94. The predicted octanol–water partition coefficient (Wildman–Crippen LogP) is 1.97. The van der Waals surface area contributed by atoms with Gasteiger partial charge in [-0.1, -0.05) is 23.7 Å². The van der Waals surface area contributed by atoms with Crippen LogP contribution in [0.15, 0.2) is 24.3 Å². The molecule has 0 spiro atoms. The molecule has 1 aliphatic heterocycles. The highest BCUT2D eigenvalue weighted by atomic mass is 35.5. The fraction of sp³-hybridized carbons (Fsp3) is 0.500. The summed E-state index contributed by atoms with van der Waals surface area (Å²) < 4.78 is 11.4. The van der Waals surface area contributed by atoms with E-state index < -0.39 is 5.79 Å². The van der Waals surface area contributed by atoms with Crippen LogP contribution in [-0.4, -0.2) is 25.5 Å². The second kappa shape index (κ2) is 5.15. The number of nitrogens with two attached hydrogens (primary N) is 1. The lowest BCUT2D eigenvalue weighted by atomic mass is 10.0. The molecule has 1 aromatic carbocycles. The van der Waals surface area contributed by atoms with E-state index in [0.29, 0.717) is 32.6 Å². The Morgan fingerprint density at radius 1 is 1.31 bits per heavy atom. The highest BCUT2D eigenvalue weighted by Gasteiger charge is 2.35. The number of rotatable bonds is 4. The Morgan fingerprint density at radius 2 is 2.06 bits per heavy atom. The second-order valence-corrected chi connectivity index (χ2v) is 4.39. The Hall–Kier alpha value is -0.610. The van der Waals surface area contributed by atoms with Crippen LogP contribution < -0.4 is 5.73 Å². The number of hydrogen-bond donors (Lipinski definition) is 1. The third-order valence-electron chi connectivity index (χ3n) is 2.70. The summed E-state index contributed by atoms with van der Waals surface area (Å²) in [6, 6.07) is 7.75. The molecule has 0 aliphatic carbocycles. The monoisotopic (exact) mass is 241 g/mol. The van der Waals surface area contributed by atoms with E-state index in [1.54, 1.807) is 0 Å². The van der Waals surface area contributed by atoms with Crippen LogP contribution in [0, 0.1) is 0 Å². The first kappa shape index (κ1) is 11.9. The molecule has 16 heavy (non-hydrogen) atoms. The van der Waals surface area contributed by atoms with Gasteiger partial charge in [-0.15, -0.1) is 0 Å². The lowest BCUT2D eigenvalue weighted by Crippen LogP contribution is -2.35. The first-order valence-corrected chi connectivity index (χ1v) is 5.84. The van der Waals surface area contributed by atoms with Crippen molar-refractivity contribution in [3.63, 3.8) is 0 Å². The van der Waals surface area contributed by atoms with E-state index in [1.165, 1.54) is 0 Å². The van der Waals surface area contributed by atoms with Gasteiger partial charge < -0.3 is 15.2 Å². The molecule has 1 saturated heterocycles. The molecule has 1 heterocycles. The van der Waals surface area contributed by atoms with Crippen LogP contribution in [0.1, 0.15) is 12.0 Å². The molecule has 0 bridgehead atoms. The molecule has 4 heteroatoms. The minimum absolute atomic E-state index is 0.542. The molecule has 1 aliphatic rings. The van der Waals surface area contributed by atoms with Crippen molar-refractivity contribution in [1.82, 2.24) is 0 Å². The Labute approximate surface area is 100 Å². The summed E-state index contributed by atoms with van der Waals surface area (Å²) in [4.78, 5) is 0. The van der Waals surface area contributed by atoms with Gasteiger partial charge in [0.1, 0.15) is 0 Å².